The third kappa shape index (κ3) is 4.21. The Balaban J connectivity index is 3.34. The van der Waals surface area contributed by atoms with Gasteiger partial charge in [-0.2, -0.15) is 0 Å². The van der Waals surface area contributed by atoms with E-state index in [1.54, 1.807) is 5.32 Å². The van der Waals surface area contributed by atoms with Crippen LogP contribution in [0.1, 0.15) is 13.8 Å². The second kappa shape index (κ2) is 8.27. The summed E-state index contributed by atoms with van der Waals surface area (Å²) in [4.78, 5) is 23.0. The Bertz CT molecular complexity index is 661. The van der Waals surface area contributed by atoms with E-state index < -0.39 is 52.4 Å². The first-order valence-electron chi connectivity index (χ1n) is 6.58. The van der Waals surface area contributed by atoms with Gasteiger partial charge in [0.2, 0.25) is 5.82 Å². The largest absolute Gasteiger partial charge is 0.463 e. The molecule has 0 amide bonds. The Hall–Kier alpha value is -2.65. The number of carbonyl (C=O) groups excluding carboxylic acids is 2. The summed E-state index contributed by atoms with van der Waals surface area (Å²) in [7, 11) is 0. The number of esters is 2. The van der Waals surface area contributed by atoms with Gasteiger partial charge in [0.1, 0.15) is 11.4 Å². The number of hydrogen-bond acceptors (Lipinski definition) is 5. The maximum atomic E-state index is 13.6. The van der Waals surface area contributed by atoms with Gasteiger partial charge in [-0.1, -0.05) is 0 Å². The Kier molecular flexibility index (Phi) is 6.69. The zero-order valence-corrected chi connectivity index (χ0v) is 12.5. The average molecular weight is 353 g/mol. The normalized spacial score (nSPS) is 11.2. The van der Waals surface area contributed by atoms with Gasteiger partial charge in [-0.05, 0) is 13.8 Å². The number of ether oxygens (including phenoxy) is 2. The van der Waals surface area contributed by atoms with E-state index in [9.17, 15) is 31.5 Å². The molecule has 0 fully saturated rings. The molecule has 0 unspecified atom stereocenters. The molecule has 0 aliphatic heterocycles. The van der Waals surface area contributed by atoms with E-state index in [0.29, 0.717) is 6.08 Å². The molecule has 1 rings (SSSR count). The van der Waals surface area contributed by atoms with E-state index in [-0.39, 0.29) is 13.2 Å². The van der Waals surface area contributed by atoms with Crippen LogP contribution in [0.4, 0.5) is 27.6 Å². The molecule has 0 radical (unpaired) electrons. The van der Waals surface area contributed by atoms with Gasteiger partial charge in [0.25, 0.3) is 0 Å². The first-order chi connectivity index (χ1) is 11.2. The predicted octanol–water partition coefficient (Wildman–Crippen LogP) is 2.80. The maximum absolute atomic E-state index is 13.6. The highest BCUT2D eigenvalue weighted by Crippen LogP contribution is 2.28. The second-order valence-electron chi connectivity index (χ2n) is 4.10. The fourth-order valence-corrected chi connectivity index (χ4v) is 1.51. The van der Waals surface area contributed by atoms with Crippen LogP contribution < -0.4 is 5.32 Å². The topological polar surface area (TPSA) is 64.6 Å². The van der Waals surface area contributed by atoms with Crippen molar-refractivity contribution in [3.63, 3.8) is 0 Å². The number of hydrogen-bond donors (Lipinski definition) is 1. The Morgan fingerprint density at radius 1 is 0.875 bits per heavy atom. The van der Waals surface area contributed by atoms with Gasteiger partial charge in [-0.3, -0.25) is 0 Å². The lowest BCUT2D eigenvalue weighted by atomic mass is 10.2. The zero-order valence-electron chi connectivity index (χ0n) is 12.5. The van der Waals surface area contributed by atoms with Crippen LogP contribution in [0.3, 0.4) is 0 Å². The molecule has 0 aliphatic rings. The quantitative estimate of drug-likeness (QED) is 0.280. The molecule has 0 saturated heterocycles. The van der Waals surface area contributed by atoms with Crippen LogP contribution in [0.15, 0.2) is 11.8 Å². The number of benzene rings is 1. The molecule has 1 aromatic rings. The lowest BCUT2D eigenvalue weighted by Gasteiger charge is -2.13. The molecule has 132 valence electrons. The second-order valence-corrected chi connectivity index (χ2v) is 4.10. The molecule has 0 saturated carbocycles. The summed E-state index contributed by atoms with van der Waals surface area (Å²) in [5, 5.41) is 1.69. The first kappa shape index (κ1) is 19.4. The van der Waals surface area contributed by atoms with Crippen molar-refractivity contribution >= 4 is 17.6 Å². The fraction of sp³-hybridized carbons (Fsp3) is 0.286. The van der Waals surface area contributed by atoms with E-state index in [4.69, 9.17) is 0 Å². The van der Waals surface area contributed by atoms with Crippen LogP contribution in [0.5, 0.6) is 0 Å². The molecular formula is C14H12F5NO4. The third-order valence-electron chi connectivity index (χ3n) is 2.51. The van der Waals surface area contributed by atoms with Crippen LogP contribution in [0.25, 0.3) is 0 Å². The van der Waals surface area contributed by atoms with E-state index in [1.165, 1.54) is 13.8 Å². The maximum Gasteiger partial charge on any atom is 0.355 e. The SMILES string of the molecule is CCOC(=O)/C=C(\Nc1c(F)c(F)c(F)c(F)c1F)C(=O)OCC. The van der Waals surface area contributed by atoms with Crippen molar-refractivity contribution in [3.05, 3.63) is 40.9 Å². The van der Waals surface area contributed by atoms with Crippen molar-refractivity contribution < 1.29 is 41.0 Å². The van der Waals surface area contributed by atoms with Gasteiger partial charge in [0, 0.05) is 0 Å². The van der Waals surface area contributed by atoms with Gasteiger partial charge in [-0.15, -0.1) is 0 Å². The van der Waals surface area contributed by atoms with Crippen molar-refractivity contribution in [1.29, 1.82) is 0 Å². The standard InChI is InChI=1S/C14H12F5NO4/c1-3-23-7(21)5-6(14(22)24-4-2)20-13-11(18)9(16)8(15)10(17)12(13)19/h5,20H,3-4H2,1-2H3/b6-5-. The Labute approximate surface area is 133 Å². The summed E-state index contributed by atoms with van der Waals surface area (Å²) >= 11 is 0. The smallest absolute Gasteiger partial charge is 0.355 e. The highest BCUT2D eigenvalue weighted by atomic mass is 19.2. The van der Waals surface area contributed by atoms with E-state index in [1.807, 2.05) is 0 Å². The molecule has 0 atom stereocenters. The first-order valence-corrected chi connectivity index (χ1v) is 6.58. The Morgan fingerprint density at radius 2 is 1.33 bits per heavy atom. The summed E-state index contributed by atoms with van der Waals surface area (Å²) < 4.78 is 75.6. The van der Waals surface area contributed by atoms with Gasteiger partial charge in [0.05, 0.1) is 19.3 Å². The summed E-state index contributed by atoms with van der Waals surface area (Å²) in [6.07, 6.45) is 0.472. The fourth-order valence-electron chi connectivity index (χ4n) is 1.51. The highest BCUT2D eigenvalue weighted by Gasteiger charge is 2.27. The molecule has 0 heterocycles. The van der Waals surface area contributed by atoms with Crippen molar-refractivity contribution in [3.8, 4) is 0 Å². The minimum absolute atomic E-state index is 0.0754. The van der Waals surface area contributed by atoms with Crippen molar-refractivity contribution in [1.82, 2.24) is 0 Å². The summed E-state index contributed by atoms with van der Waals surface area (Å²) in [5.41, 5.74) is -2.37. The zero-order chi connectivity index (χ0) is 18.4. The van der Waals surface area contributed by atoms with Crippen LogP contribution >= 0.6 is 0 Å². The monoisotopic (exact) mass is 353 g/mol. The number of nitrogens with one attached hydrogen (secondary N) is 1. The lowest BCUT2D eigenvalue weighted by Crippen LogP contribution is -2.19. The molecular weight excluding hydrogens is 341 g/mol. The molecule has 0 aliphatic carbocycles. The van der Waals surface area contributed by atoms with Gasteiger partial charge >= 0.3 is 11.9 Å². The van der Waals surface area contributed by atoms with Crippen molar-refractivity contribution in [2.75, 3.05) is 18.5 Å². The number of anilines is 1. The number of rotatable bonds is 6. The van der Waals surface area contributed by atoms with Gasteiger partial charge < -0.3 is 14.8 Å². The number of halogens is 5. The van der Waals surface area contributed by atoms with Crippen LogP contribution in [-0.2, 0) is 19.1 Å². The molecule has 1 N–H and O–H groups in total. The molecule has 0 aromatic heterocycles. The average Bonchev–Trinajstić information content (AvgIpc) is 2.54. The van der Waals surface area contributed by atoms with E-state index in [2.05, 4.69) is 9.47 Å². The highest BCUT2D eigenvalue weighted by molar-refractivity contribution is 5.98. The Morgan fingerprint density at radius 3 is 1.79 bits per heavy atom. The summed E-state index contributed by atoms with van der Waals surface area (Å²) in [6, 6.07) is 0. The third-order valence-corrected chi connectivity index (χ3v) is 2.51. The minimum Gasteiger partial charge on any atom is -0.463 e. The van der Waals surface area contributed by atoms with Crippen LogP contribution in [0.2, 0.25) is 0 Å². The number of carbonyl (C=O) groups is 2. The van der Waals surface area contributed by atoms with Crippen LogP contribution in [-0.4, -0.2) is 25.2 Å². The van der Waals surface area contributed by atoms with Crippen molar-refractivity contribution in [2.24, 2.45) is 0 Å². The lowest BCUT2D eigenvalue weighted by molar-refractivity contribution is -0.140. The summed E-state index contributed by atoms with van der Waals surface area (Å²) in [6.45, 7) is 2.61. The summed E-state index contributed by atoms with van der Waals surface area (Å²) in [5.74, 6) is -13.5. The molecule has 10 heteroatoms. The van der Waals surface area contributed by atoms with Crippen molar-refractivity contribution in [2.45, 2.75) is 13.8 Å². The van der Waals surface area contributed by atoms with Gasteiger partial charge in [-0.25, -0.2) is 31.5 Å². The van der Waals surface area contributed by atoms with E-state index >= 15 is 0 Å². The minimum atomic E-state index is -2.36. The predicted molar refractivity (Wildman–Crippen MR) is 71.2 cm³/mol. The van der Waals surface area contributed by atoms with Gasteiger partial charge in [0.15, 0.2) is 23.3 Å². The molecule has 0 spiro atoms. The molecule has 1 aromatic carbocycles. The molecule has 5 nitrogen and oxygen atoms in total. The molecule has 0 bridgehead atoms. The van der Waals surface area contributed by atoms with Crippen LogP contribution in [0, 0.1) is 29.1 Å². The molecule has 24 heavy (non-hydrogen) atoms. The van der Waals surface area contributed by atoms with E-state index in [0.717, 1.165) is 0 Å².